The van der Waals surface area contributed by atoms with Crippen LogP contribution in [0.4, 0.5) is 5.69 Å². The van der Waals surface area contributed by atoms with Crippen molar-refractivity contribution in [3.05, 3.63) is 66.0 Å². The number of nitrogens with zero attached hydrogens (tertiary/aromatic N) is 2. The van der Waals surface area contributed by atoms with Gasteiger partial charge in [0.25, 0.3) is 0 Å². The van der Waals surface area contributed by atoms with Crippen molar-refractivity contribution in [2.75, 3.05) is 11.9 Å². The van der Waals surface area contributed by atoms with E-state index in [0.29, 0.717) is 18.0 Å². The largest absolute Gasteiger partial charge is 0.454 e. The van der Waals surface area contributed by atoms with E-state index in [1.54, 1.807) is 0 Å². The summed E-state index contributed by atoms with van der Waals surface area (Å²) in [7, 11) is 2.17. The van der Waals surface area contributed by atoms with Gasteiger partial charge in [0, 0.05) is 42.1 Å². The second kappa shape index (κ2) is 4.04. The summed E-state index contributed by atoms with van der Waals surface area (Å²) < 4.78 is 6.32. The molecule has 2 aromatic carbocycles. The van der Waals surface area contributed by atoms with Crippen molar-refractivity contribution in [1.82, 2.24) is 4.90 Å². The van der Waals surface area contributed by atoms with E-state index in [4.69, 9.17) is 4.42 Å². The number of benzene rings is 2. The minimum atomic E-state index is 0.366. The molecule has 0 saturated heterocycles. The van der Waals surface area contributed by atoms with Crippen molar-refractivity contribution in [2.45, 2.75) is 19.0 Å². The Balaban J connectivity index is 1.73. The molecule has 3 nitrogen and oxygen atoms in total. The quantitative estimate of drug-likeness (QED) is 0.555. The van der Waals surface area contributed by atoms with E-state index in [-0.39, 0.29) is 0 Å². The smallest absolute Gasteiger partial charge is 0.159 e. The summed E-state index contributed by atoms with van der Waals surface area (Å²) in [6.45, 7) is 2.26. The standard InChI is InChI=1S/C21H18N2O/c1-12-11-16-18(12)15-8-7-14-13-5-3-4-6-17(13)24-20(14)19(15)23-10-9-22(2)21(16)23/h3-11,16,18,21H,1-2H3. The third-order valence-corrected chi connectivity index (χ3v) is 5.98. The molecule has 118 valence electrons. The second-order valence-corrected chi connectivity index (χ2v) is 7.23. The van der Waals surface area contributed by atoms with Gasteiger partial charge in [0.15, 0.2) is 5.58 Å². The number of rotatable bonds is 0. The van der Waals surface area contributed by atoms with Crippen molar-refractivity contribution in [1.29, 1.82) is 0 Å². The highest BCUT2D eigenvalue weighted by atomic mass is 16.3. The molecule has 3 atom stereocenters. The molecular formula is C21H18N2O. The van der Waals surface area contributed by atoms with Gasteiger partial charge in [-0.1, -0.05) is 42.0 Å². The molecule has 24 heavy (non-hydrogen) atoms. The summed E-state index contributed by atoms with van der Waals surface area (Å²) in [6, 6.07) is 12.9. The van der Waals surface area contributed by atoms with Crippen molar-refractivity contribution in [3.63, 3.8) is 0 Å². The van der Waals surface area contributed by atoms with Crippen LogP contribution in [0.15, 0.2) is 64.9 Å². The first-order chi connectivity index (χ1) is 11.7. The second-order valence-electron chi connectivity index (χ2n) is 7.23. The Labute approximate surface area is 140 Å². The predicted molar refractivity (Wildman–Crippen MR) is 96.9 cm³/mol. The minimum Gasteiger partial charge on any atom is -0.454 e. The van der Waals surface area contributed by atoms with Gasteiger partial charge >= 0.3 is 0 Å². The number of allylic oxidation sites excluding steroid dienone is 1. The van der Waals surface area contributed by atoms with Crippen LogP contribution in [0.3, 0.4) is 0 Å². The summed E-state index contributed by atoms with van der Waals surface area (Å²) in [6.07, 6.45) is 7.18. The zero-order valence-electron chi connectivity index (χ0n) is 13.7. The molecular weight excluding hydrogens is 296 g/mol. The molecule has 0 saturated carbocycles. The Morgan fingerprint density at radius 3 is 2.75 bits per heavy atom. The van der Waals surface area contributed by atoms with E-state index < -0.39 is 0 Å². The van der Waals surface area contributed by atoms with Crippen molar-refractivity contribution in [3.8, 4) is 0 Å². The lowest BCUT2D eigenvalue weighted by molar-refractivity contribution is 0.242. The Morgan fingerprint density at radius 2 is 1.88 bits per heavy atom. The average molecular weight is 314 g/mol. The highest BCUT2D eigenvalue weighted by Crippen LogP contribution is 2.56. The lowest BCUT2D eigenvalue weighted by Crippen LogP contribution is -2.51. The maximum atomic E-state index is 6.32. The van der Waals surface area contributed by atoms with Crippen LogP contribution < -0.4 is 4.90 Å². The fraction of sp³-hybridized carbons (Fsp3) is 0.238. The monoisotopic (exact) mass is 314 g/mol. The number of fused-ring (bicyclic) bond motifs is 10. The molecule has 3 aromatic rings. The highest BCUT2D eigenvalue weighted by molar-refractivity contribution is 6.10. The van der Waals surface area contributed by atoms with Gasteiger partial charge in [-0.15, -0.1) is 0 Å². The zero-order valence-corrected chi connectivity index (χ0v) is 13.7. The molecule has 1 aromatic heterocycles. The van der Waals surface area contributed by atoms with Gasteiger partial charge in [0.05, 0.1) is 5.69 Å². The fourth-order valence-electron chi connectivity index (χ4n) is 4.92. The molecule has 0 N–H and O–H groups in total. The minimum absolute atomic E-state index is 0.366. The van der Waals surface area contributed by atoms with Crippen molar-refractivity contribution >= 4 is 27.6 Å². The number of anilines is 1. The summed E-state index contributed by atoms with van der Waals surface area (Å²) >= 11 is 0. The summed E-state index contributed by atoms with van der Waals surface area (Å²) in [5, 5.41) is 2.41. The summed E-state index contributed by atoms with van der Waals surface area (Å²) in [4.78, 5) is 4.73. The number of furan rings is 1. The van der Waals surface area contributed by atoms with Crippen LogP contribution in [-0.2, 0) is 0 Å². The van der Waals surface area contributed by atoms with Crippen LogP contribution in [0.1, 0.15) is 18.4 Å². The maximum Gasteiger partial charge on any atom is 0.159 e. The molecule has 3 unspecified atom stereocenters. The average Bonchev–Trinajstić information content (AvgIpc) is 3.13. The molecule has 0 bridgehead atoms. The van der Waals surface area contributed by atoms with Crippen LogP contribution >= 0.6 is 0 Å². The SMILES string of the molecule is CC1=CC2C1c1ccc3c(oc4ccccc43)c1N1C=CN(C)C21. The summed E-state index contributed by atoms with van der Waals surface area (Å²) in [5.74, 6) is 1.07. The van der Waals surface area contributed by atoms with Gasteiger partial charge in [-0.25, -0.2) is 0 Å². The molecule has 1 aliphatic carbocycles. The van der Waals surface area contributed by atoms with E-state index in [9.17, 15) is 0 Å². The van der Waals surface area contributed by atoms with Crippen LogP contribution in [0.2, 0.25) is 0 Å². The molecule has 0 amide bonds. The molecule has 0 fully saturated rings. The Morgan fingerprint density at radius 1 is 1.00 bits per heavy atom. The van der Waals surface area contributed by atoms with E-state index in [1.165, 1.54) is 27.6 Å². The topological polar surface area (TPSA) is 19.6 Å². The van der Waals surface area contributed by atoms with E-state index in [0.717, 1.165) is 11.2 Å². The number of hydrogen-bond donors (Lipinski definition) is 0. The van der Waals surface area contributed by atoms with Crippen LogP contribution in [0, 0.1) is 5.92 Å². The lowest BCUT2D eigenvalue weighted by atomic mass is 9.66. The molecule has 0 spiro atoms. The molecule has 6 rings (SSSR count). The van der Waals surface area contributed by atoms with E-state index in [2.05, 4.69) is 72.6 Å². The van der Waals surface area contributed by atoms with Gasteiger partial charge in [0.1, 0.15) is 11.7 Å². The van der Waals surface area contributed by atoms with Crippen LogP contribution in [0.25, 0.3) is 21.9 Å². The predicted octanol–water partition coefficient (Wildman–Crippen LogP) is 4.81. The van der Waals surface area contributed by atoms with Crippen LogP contribution in [0.5, 0.6) is 0 Å². The molecule has 2 aliphatic heterocycles. The zero-order chi connectivity index (χ0) is 16.0. The fourth-order valence-corrected chi connectivity index (χ4v) is 4.92. The summed E-state index contributed by atoms with van der Waals surface area (Å²) in [5.41, 5.74) is 6.14. The first kappa shape index (κ1) is 12.7. The molecule has 3 aliphatic rings. The Bertz CT molecular complexity index is 1070. The third-order valence-electron chi connectivity index (χ3n) is 5.98. The van der Waals surface area contributed by atoms with Gasteiger partial charge in [-0.05, 0) is 18.6 Å². The van der Waals surface area contributed by atoms with Gasteiger partial charge in [0.2, 0.25) is 0 Å². The highest BCUT2D eigenvalue weighted by Gasteiger charge is 2.48. The molecule has 3 heteroatoms. The van der Waals surface area contributed by atoms with Gasteiger partial charge < -0.3 is 14.2 Å². The van der Waals surface area contributed by atoms with Crippen molar-refractivity contribution in [2.24, 2.45) is 5.92 Å². The van der Waals surface area contributed by atoms with E-state index >= 15 is 0 Å². The lowest BCUT2D eigenvalue weighted by Gasteiger charge is -2.50. The normalized spacial score (nSPS) is 27.1. The van der Waals surface area contributed by atoms with Crippen LogP contribution in [-0.4, -0.2) is 18.1 Å². The third kappa shape index (κ3) is 1.31. The Kier molecular flexibility index (Phi) is 2.14. The molecule has 0 radical (unpaired) electrons. The number of hydrogen-bond acceptors (Lipinski definition) is 3. The number of para-hydroxylation sites is 1. The first-order valence-electron chi connectivity index (χ1n) is 8.55. The van der Waals surface area contributed by atoms with Gasteiger partial charge in [-0.3, -0.25) is 0 Å². The Hall–Kier alpha value is -2.68. The van der Waals surface area contributed by atoms with Gasteiger partial charge in [-0.2, -0.15) is 0 Å². The first-order valence-corrected chi connectivity index (χ1v) is 8.55. The molecule has 3 heterocycles. The van der Waals surface area contributed by atoms with Crippen molar-refractivity contribution < 1.29 is 4.42 Å². The maximum absolute atomic E-state index is 6.32. The van der Waals surface area contributed by atoms with E-state index in [1.807, 2.05) is 6.07 Å².